The van der Waals surface area contributed by atoms with Gasteiger partial charge < -0.3 is 10.2 Å². The van der Waals surface area contributed by atoms with E-state index in [-0.39, 0.29) is 29.8 Å². The Labute approximate surface area is 225 Å². The summed E-state index contributed by atoms with van der Waals surface area (Å²) < 4.78 is 77.3. The third-order valence-corrected chi connectivity index (χ3v) is 8.30. The molecule has 0 aromatic rings. The first-order valence-corrected chi connectivity index (χ1v) is 14.1. The van der Waals surface area contributed by atoms with Gasteiger partial charge in [-0.15, -0.1) is 0 Å². The highest BCUT2D eigenvalue weighted by Gasteiger charge is 2.70. The first-order valence-electron chi connectivity index (χ1n) is 14.1. The molecule has 5 atom stereocenters. The first kappa shape index (κ1) is 34.6. The maximum absolute atomic E-state index is 12.9. The van der Waals surface area contributed by atoms with Crippen LogP contribution in [-0.4, -0.2) is 34.3 Å². The zero-order valence-electron chi connectivity index (χ0n) is 23.7. The van der Waals surface area contributed by atoms with Crippen molar-refractivity contribution in [3.63, 3.8) is 0 Å². The molecule has 3 aliphatic rings. The molecule has 1 unspecified atom stereocenters. The van der Waals surface area contributed by atoms with E-state index in [1.807, 2.05) is 40.5 Å². The van der Waals surface area contributed by atoms with E-state index in [9.17, 15) is 36.6 Å². The summed E-state index contributed by atoms with van der Waals surface area (Å²) in [5.41, 5.74) is -2.49. The highest BCUT2D eigenvalue weighted by Crippen LogP contribution is 2.59. The monoisotopic (exact) mass is 552 g/mol. The summed E-state index contributed by atoms with van der Waals surface area (Å²) in [4.78, 5) is 0. The van der Waals surface area contributed by atoms with Crippen molar-refractivity contribution in [1.29, 1.82) is 0 Å². The minimum Gasteiger partial charge on any atom is -0.393 e. The van der Waals surface area contributed by atoms with Gasteiger partial charge >= 0.3 is 18.0 Å². The van der Waals surface area contributed by atoms with E-state index in [1.54, 1.807) is 0 Å². The summed E-state index contributed by atoms with van der Waals surface area (Å²) in [6, 6.07) is 0. The average Bonchev–Trinajstić information content (AvgIpc) is 3.21. The molecule has 8 heteroatoms. The molecule has 0 heterocycles. The zero-order chi connectivity index (χ0) is 29.4. The summed E-state index contributed by atoms with van der Waals surface area (Å²) >= 11 is 0. The molecule has 0 saturated heterocycles. The van der Waals surface area contributed by atoms with Crippen LogP contribution in [0.15, 0.2) is 23.3 Å². The Kier molecular flexibility index (Phi) is 13.0. The van der Waals surface area contributed by atoms with Crippen LogP contribution in [0, 0.1) is 35.0 Å². The second-order valence-electron chi connectivity index (χ2n) is 10.6. The predicted molar refractivity (Wildman–Crippen MR) is 140 cm³/mol. The molecule has 2 nitrogen and oxygen atoms in total. The molecule has 0 bridgehead atoms. The molecule has 3 saturated carbocycles. The van der Waals surface area contributed by atoms with E-state index in [0.29, 0.717) is 12.3 Å². The maximum atomic E-state index is 12.9. The van der Waals surface area contributed by atoms with E-state index in [2.05, 4.69) is 19.1 Å². The molecule has 0 aromatic heterocycles. The fourth-order valence-electron chi connectivity index (χ4n) is 6.45. The number of fused-ring (bicyclic) bond motifs is 1. The van der Waals surface area contributed by atoms with Crippen molar-refractivity contribution in [3.05, 3.63) is 23.3 Å². The van der Waals surface area contributed by atoms with Gasteiger partial charge in [-0.1, -0.05) is 70.8 Å². The van der Waals surface area contributed by atoms with Crippen LogP contribution in [0.5, 0.6) is 0 Å². The van der Waals surface area contributed by atoms with Crippen LogP contribution < -0.4 is 0 Å². The van der Waals surface area contributed by atoms with Crippen LogP contribution in [0.25, 0.3) is 0 Å². The Balaban J connectivity index is 0.00000172. The molecule has 3 rings (SSSR count). The number of aliphatic hydroxyl groups excluding tert-OH is 1. The second kappa shape index (κ2) is 14.3. The summed E-state index contributed by atoms with van der Waals surface area (Å²) in [5, 5.41) is 19.2. The molecule has 2 N–H and O–H groups in total. The van der Waals surface area contributed by atoms with Gasteiger partial charge in [0.25, 0.3) is 0 Å². The molecular weight excluding hydrogens is 506 g/mol. The molecule has 0 amide bonds. The average molecular weight is 553 g/mol. The van der Waals surface area contributed by atoms with Gasteiger partial charge in [-0.2, -0.15) is 26.3 Å². The van der Waals surface area contributed by atoms with Gasteiger partial charge in [0.1, 0.15) is 0 Å². The van der Waals surface area contributed by atoms with Crippen molar-refractivity contribution in [2.75, 3.05) is 0 Å². The van der Waals surface area contributed by atoms with Crippen LogP contribution in [0.3, 0.4) is 0 Å². The standard InChI is InChI=1S/C26H34F6O2.2C2H6/c1-17(6-4-15-24(34,25(27,28)29)26(30,31)32)21-12-13-22-19(8-5-14-23(21,22)2)11-10-18-7-3-9-20(33)16-18;2*1-2/h10-11,17,20-22,33-34H,3,5-9,12-14,16H2,1-2H3;2*1-2H3/b18-10-,19-11+;;/t17-,20-,21+,22?,23+;;/m0../s1. The van der Waals surface area contributed by atoms with Gasteiger partial charge in [-0.3, -0.25) is 0 Å². The van der Waals surface area contributed by atoms with Crippen LogP contribution in [0.2, 0.25) is 0 Å². The first-order chi connectivity index (χ1) is 17.7. The Bertz CT molecular complexity index is 847. The lowest BCUT2D eigenvalue weighted by Crippen LogP contribution is -2.55. The lowest BCUT2D eigenvalue weighted by molar-refractivity contribution is -0.343. The minimum absolute atomic E-state index is 0.0832. The molecule has 3 fully saturated rings. The smallest absolute Gasteiger partial charge is 0.393 e. The topological polar surface area (TPSA) is 40.5 Å². The molecule has 0 aromatic carbocycles. The summed E-state index contributed by atoms with van der Waals surface area (Å²) in [7, 11) is 0. The molecule has 0 radical (unpaired) electrons. The van der Waals surface area contributed by atoms with Gasteiger partial charge in [0.05, 0.1) is 6.10 Å². The highest BCUT2D eigenvalue weighted by molar-refractivity contribution is 5.26. The third kappa shape index (κ3) is 7.81. The minimum atomic E-state index is -5.92. The van der Waals surface area contributed by atoms with Crippen LogP contribution >= 0.6 is 0 Å². The SMILES string of the molecule is CC.CC.C[C@@H](CC#CC(O)(C(F)(F)F)C(F)(F)F)[C@H]1CCC2/C(=C/C=C3/CCC[C@H](O)C3)CCC[C@@]21C. The summed E-state index contributed by atoms with van der Waals surface area (Å²) in [6.07, 6.45) is 0.298. The molecular formula is C30H46F6O2. The Hall–Kier alpha value is -1.46. The second-order valence-corrected chi connectivity index (χ2v) is 10.6. The maximum Gasteiger partial charge on any atom is 0.438 e. The van der Waals surface area contributed by atoms with Crippen molar-refractivity contribution >= 4 is 0 Å². The Morgan fingerprint density at radius 1 is 0.947 bits per heavy atom. The summed E-state index contributed by atoms with van der Waals surface area (Å²) in [6.45, 7) is 12.0. The molecule has 0 spiro atoms. The van der Waals surface area contributed by atoms with Gasteiger partial charge in [-0.05, 0) is 86.9 Å². The number of hydrogen-bond donors (Lipinski definition) is 2. The van der Waals surface area contributed by atoms with Crippen molar-refractivity contribution in [1.82, 2.24) is 0 Å². The van der Waals surface area contributed by atoms with E-state index in [0.717, 1.165) is 57.3 Å². The molecule has 0 aliphatic heterocycles. The van der Waals surface area contributed by atoms with Crippen molar-refractivity contribution < 1.29 is 36.6 Å². The number of aliphatic hydroxyl groups is 2. The van der Waals surface area contributed by atoms with Crippen LogP contribution in [-0.2, 0) is 0 Å². The van der Waals surface area contributed by atoms with Gasteiger partial charge in [0.15, 0.2) is 0 Å². The zero-order valence-corrected chi connectivity index (χ0v) is 23.7. The Morgan fingerprint density at radius 2 is 1.55 bits per heavy atom. The van der Waals surface area contributed by atoms with Crippen molar-refractivity contribution in [2.24, 2.45) is 23.2 Å². The van der Waals surface area contributed by atoms with Gasteiger partial charge in [0.2, 0.25) is 0 Å². The van der Waals surface area contributed by atoms with E-state index >= 15 is 0 Å². The number of rotatable bonds is 3. The number of halogens is 6. The normalized spacial score (nSPS) is 30.7. The Morgan fingerprint density at radius 3 is 2.11 bits per heavy atom. The number of alkyl halides is 6. The predicted octanol–water partition coefficient (Wildman–Crippen LogP) is 8.93. The molecule has 220 valence electrons. The largest absolute Gasteiger partial charge is 0.438 e. The molecule has 38 heavy (non-hydrogen) atoms. The third-order valence-electron chi connectivity index (χ3n) is 8.30. The lowest BCUT2D eigenvalue weighted by Gasteiger charge is -2.44. The van der Waals surface area contributed by atoms with E-state index in [4.69, 9.17) is 0 Å². The van der Waals surface area contributed by atoms with Gasteiger partial charge in [-0.25, -0.2) is 0 Å². The van der Waals surface area contributed by atoms with Crippen molar-refractivity contribution in [3.8, 4) is 11.8 Å². The van der Waals surface area contributed by atoms with Gasteiger partial charge in [0, 0.05) is 6.42 Å². The van der Waals surface area contributed by atoms with E-state index in [1.165, 1.54) is 11.1 Å². The fourth-order valence-corrected chi connectivity index (χ4v) is 6.45. The van der Waals surface area contributed by atoms with Crippen molar-refractivity contribution in [2.45, 2.75) is 130 Å². The van der Waals surface area contributed by atoms with E-state index < -0.39 is 18.0 Å². The van der Waals surface area contributed by atoms with Crippen LogP contribution in [0.1, 0.15) is 106 Å². The molecule has 3 aliphatic carbocycles. The number of hydrogen-bond acceptors (Lipinski definition) is 2. The lowest BCUT2D eigenvalue weighted by atomic mass is 9.61. The summed E-state index contributed by atoms with van der Waals surface area (Å²) in [5.74, 6) is 3.39. The number of allylic oxidation sites excluding steroid dienone is 3. The van der Waals surface area contributed by atoms with Crippen LogP contribution in [0.4, 0.5) is 26.3 Å². The highest BCUT2D eigenvalue weighted by atomic mass is 19.4. The quantitative estimate of drug-likeness (QED) is 0.271. The fraction of sp³-hybridized carbons (Fsp3) is 0.800.